The van der Waals surface area contributed by atoms with Gasteiger partial charge in [0.05, 0.1) is 5.69 Å². The van der Waals surface area contributed by atoms with Gasteiger partial charge in [-0.25, -0.2) is 0 Å². The molecule has 2 heterocycles. The summed E-state index contributed by atoms with van der Waals surface area (Å²) in [4.78, 5) is 25.3. The van der Waals surface area contributed by atoms with Crippen molar-refractivity contribution in [2.24, 2.45) is 0 Å². The third-order valence-electron chi connectivity index (χ3n) is 4.72. The number of carbonyl (C=O) groups excluding carboxylic acids is 1. The molecule has 0 saturated carbocycles. The Bertz CT molecular complexity index is 536. The molecule has 1 aliphatic rings. The molecule has 2 rings (SSSR count). The van der Waals surface area contributed by atoms with Crippen LogP contribution in [0.2, 0.25) is 0 Å². The van der Waals surface area contributed by atoms with Gasteiger partial charge >= 0.3 is 5.97 Å². The van der Waals surface area contributed by atoms with E-state index in [9.17, 15) is 9.59 Å². The quantitative estimate of drug-likeness (QED) is 0.831. The molecule has 0 bridgehead atoms. The van der Waals surface area contributed by atoms with Crippen molar-refractivity contribution in [3.8, 4) is 0 Å². The topological polar surface area (TPSA) is 83.6 Å². The maximum absolute atomic E-state index is 12.7. The zero-order chi connectivity index (χ0) is 16.8. The maximum atomic E-state index is 12.7. The summed E-state index contributed by atoms with van der Waals surface area (Å²) in [5.74, 6) is -0.401. The van der Waals surface area contributed by atoms with Gasteiger partial charge < -0.3 is 14.5 Å². The van der Waals surface area contributed by atoms with Crippen molar-refractivity contribution in [1.82, 2.24) is 10.1 Å². The molecule has 1 fully saturated rings. The Hall–Kier alpha value is -1.85. The lowest BCUT2D eigenvalue weighted by molar-refractivity contribution is -0.137. The van der Waals surface area contributed by atoms with Gasteiger partial charge in [-0.05, 0) is 38.5 Å². The van der Waals surface area contributed by atoms with E-state index < -0.39 is 5.97 Å². The lowest BCUT2D eigenvalue weighted by atomic mass is 9.97. The van der Waals surface area contributed by atoms with Gasteiger partial charge in [0.25, 0.3) is 5.91 Å². The van der Waals surface area contributed by atoms with Crippen LogP contribution in [0.5, 0.6) is 0 Å². The number of nitrogens with zero attached hydrogens (tertiary/aromatic N) is 2. The van der Waals surface area contributed by atoms with Crippen molar-refractivity contribution < 1.29 is 19.2 Å². The molecule has 6 nitrogen and oxygen atoms in total. The average molecular weight is 322 g/mol. The van der Waals surface area contributed by atoms with Crippen molar-refractivity contribution in [3.05, 3.63) is 17.5 Å². The monoisotopic (exact) mass is 322 g/mol. The molecule has 0 unspecified atom stereocenters. The zero-order valence-corrected chi connectivity index (χ0v) is 14.0. The zero-order valence-electron chi connectivity index (χ0n) is 14.0. The van der Waals surface area contributed by atoms with Crippen molar-refractivity contribution in [3.63, 3.8) is 0 Å². The largest absolute Gasteiger partial charge is 0.481 e. The minimum absolute atomic E-state index is 0.0194. The summed E-state index contributed by atoms with van der Waals surface area (Å²) < 4.78 is 5.28. The number of likely N-dealkylation sites (tertiary alicyclic amines) is 1. The number of piperidine rings is 1. The Morgan fingerprint density at radius 2 is 2.13 bits per heavy atom. The van der Waals surface area contributed by atoms with Crippen LogP contribution in [0.25, 0.3) is 0 Å². The van der Waals surface area contributed by atoms with Crippen LogP contribution in [0.1, 0.15) is 81.0 Å². The van der Waals surface area contributed by atoms with E-state index in [1.807, 2.05) is 0 Å². The lowest BCUT2D eigenvalue weighted by Crippen LogP contribution is -2.43. The summed E-state index contributed by atoms with van der Waals surface area (Å²) in [6.45, 7) is 4.85. The number of hydrogen-bond donors (Lipinski definition) is 1. The molecule has 1 aliphatic heterocycles. The van der Waals surface area contributed by atoms with Gasteiger partial charge in [0.1, 0.15) is 0 Å². The van der Waals surface area contributed by atoms with Crippen molar-refractivity contribution in [2.75, 3.05) is 6.54 Å². The highest BCUT2D eigenvalue weighted by atomic mass is 16.5. The molecule has 0 spiro atoms. The van der Waals surface area contributed by atoms with E-state index in [4.69, 9.17) is 9.63 Å². The number of amides is 1. The molecule has 128 valence electrons. The van der Waals surface area contributed by atoms with Crippen LogP contribution in [-0.4, -0.2) is 39.6 Å². The van der Waals surface area contributed by atoms with E-state index in [1.54, 1.807) is 11.0 Å². The molecule has 1 aromatic rings. The minimum Gasteiger partial charge on any atom is -0.481 e. The molecule has 1 atom stereocenters. The average Bonchev–Trinajstić information content (AvgIpc) is 3.03. The Kier molecular flexibility index (Phi) is 6.19. The van der Waals surface area contributed by atoms with Crippen LogP contribution < -0.4 is 0 Å². The van der Waals surface area contributed by atoms with Crippen LogP contribution in [-0.2, 0) is 4.79 Å². The smallest absolute Gasteiger partial charge is 0.303 e. The highest BCUT2D eigenvalue weighted by molar-refractivity contribution is 5.91. The first-order chi connectivity index (χ1) is 11.1. The number of carboxylic acids is 1. The van der Waals surface area contributed by atoms with Gasteiger partial charge in [0, 0.05) is 31.0 Å². The number of hydrogen-bond acceptors (Lipinski definition) is 4. The molecule has 1 N–H and O–H groups in total. The second-order valence-electron chi connectivity index (χ2n) is 6.21. The van der Waals surface area contributed by atoms with E-state index in [0.717, 1.165) is 37.8 Å². The SMILES string of the molecule is CCC(CC)c1cc(C(=O)N2CCCC[C@H]2CCC(=O)O)on1. The van der Waals surface area contributed by atoms with Crippen LogP contribution in [0.15, 0.2) is 10.6 Å². The molecular formula is C17H26N2O4. The number of aliphatic carboxylic acids is 1. The molecule has 1 saturated heterocycles. The van der Waals surface area contributed by atoms with Gasteiger partial charge in [-0.2, -0.15) is 0 Å². The summed E-state index contributed by atoms with van der Waals surface area (Å²) in [5.41, 5.74) is 0.831. The highest BCUT2D eigenvalue weighted by Gasteiger charge is 2.30. The Morgan fingerprint density at radius 3 is 2.78 bits per heavy atom. The van der Waals surface area contributed by atoms with Crippen molar-refractivity contribution in [2.45, 2.75) is 70.8 Å². The molecule has 1 amide bonds. The van der Waals surface area contributed by atoms with E-state index >= 15 is 0 Å². The summed E-state index contributed by atoms with van der Waals surface area (Å²) >= 11 is 0. The Morgan fingerprint density at radius 1 is 1.39 bits per heavy atom. The van der Waals surface area contributed by atoms with Gasteiger partial charge in [-0.15, -0.1) is 0 Å². The van der Waals surface area contributed by atoms with Gasteiger partial charge in [0.15, 0.2) is 0 Å². The molecule has 0 radical (unpaired) electrons. The van der Waals surface area contributed by atoms with Crippen LogP contribution >= 0.6 is 0 Å². The number of aromatic nitrogens is 1. The predicted octanol–water partition coefficient (Wildman–Crippen LogP) is 3.44. The summed E-state index contributed by atoms with van der Waals surface area (Å²) in [6.07, 6.45) is 5.33. The van der Waals surface area contributed by atoms with E-state index in [0.29, 0.717) is 18.9 Å². The first-order valence-electron chi connectivity index (χ1n) is 8.56. The fourth-order valence-electron chi connectivity index (χ4n) is 3.29. The predicted molar refractivity (Wildman–Crippen MR) is 85.4 cm³/mol. The van der Waals surface area contributed by atoms with Crippen LogP contribution in [0, 0.1) is 0 Å². The van der Waals surface area contributed by atoms with E-state index in [2.05, 4.69) is 19.0 Å². The lowest BCUT2D eigenvalue weighted by Gasteiger charge is -2.34. The standard InChI is InChI=1S/C17H26N2O4/c1-3-12(4-2)14-11-15(23-18-14)17(22)19-10-6-5-7-13(19)8-9-16(20)21/h11-13H,3-10H2,1-2H3,(H,20,21)/t13-/m0/s1. The number of rotatable bonds is 7. The molecule has 6 heteroatoms. The molecule has 0 aliphatic carbocycles. The molecular weight excluding hydrogens is 296 g/mol. The normalized spacial score (nSPS) is 18.4. The van der Waals surface area contributed by atoms with Crippen molar-refractivity contribution in [1.29, 1.82) is 0 Å². The minimum atomic E-state index is -0.821. The van der Waals surface area contributed by atoms with Gasteiger partial charge in [-0.3, -0.25) is 9.59 Å². The summed E-state index contributed by atoms with van der Waals surface area (Å²) in [7, 11) is 0. The van der Waals surface area contributed by atoms with Gasteiger partial charge in [0.2, 0.25) is 5.76 Å². The first kappa shape index (κ1) is 17.5. The second-order valence-corrected chi connectivity index (χ2v) is 6.21. The summed E-state index contributed by atoms with van der Waals surface area (Å²) in [5, 5.41) is 12.9. The van der Waals surface area contributed by atoms with Gasteiger partial charge in [-0.1, -0.05) is 19.0 Å². The highest BCUT2D eigenvalue weighted by Crippen LogP contribution is 2.26. The van der Waals surface area contributed by atoms with E-state index in [1.165, 1.54) is 0 Å². The van der Waals surface area contributed by atoms with Crippen LogP contribution in [0.4, 0.5) is 0 Å². The maximum Gasteiger partial charge on any atom is 0.303 e. The third kappa shape index (κ3) is 4.33. The number of carboxylic acid groups (broad SMARTS) is 1. The molecule has 0 aromatic carbocycles. The van der Waals surface area contributed by atoms with Crippen molar-refractivity contribution >= 4 is 11.9 Å². The molecule has 1 aromatic heterocycles. The van der Waals surface area contributed by atoms with Crippen LogP contribution in [0.3, 0.4) is 0 Å². The Labute approximate surface area is 136 Å². The number of carbonyl (C=O) groups is 2. The fourth-order valence-corrected chi connectivity index (χ4v) is 3.29. The third-order valence-corrected chi connectivity index (χ3v) is 4.72. The van der Waals surface area contributed by atoms with E-state index in [-0.39, 0.29) is 24.1 Å². The fraction of sp³-hybridized carbons (Fsp3) is 0.706. The Balaban J connectivity index is 2.09. The summed E-state index contributed by atoms with van der Waals surface area (Å²) in [6, 6.07) is 1.73. The second kappa shape index (κ2) is 8.13. The first-order valence-corrected chi connectivity index (χ1v) is 8.56. The molecule has 23 heavy (non-hydrogen) atoms.